The lowest BCUT2D eigenvalue weighted by atomic mass is 10.1. The van der Waals surface area contributed by atoms with Gasteiger partial charge in [0.15, 0.2) is 5.96 Å². The van der Waals surface area contributed by atoms with E-state index in [4.69, 9.17) is 4.74 Å². The van der Waals surface area contributed by atoms with Crippen molar-refractivity contribution in [1.29, 1.82) is 0 Å². The topological polar surface area (TPSA) is 63.9 Å². The monoisotopic (exact) mass is 521 g/mol. The van der Waals surface area contributed by atoms with Gasteiger partial charge in [0.25, 0.3) is 0 Å². The van der Waals surface area contributed by atoms with Crippen LogP contribution in [0.2, 0.25) is 0 Å². The molecule has 2 heterocycles. The number of para-hydroxylation sites is 1. The fraction of sp³-hybridized carbons (Fsp3) is 0.474. The largest absolute Gasteiger partial charge is 0.434 e. The summed E-state index contributed by atoms with van der Waals surface area (Å²) < 4.78 is 37.5. The summed E-state index contributed by atoms with van der Waals surface area (Å²) in [6, 6.07) is 6.71. The van der Waals surface area contributed by atoms with Crippen LogP contribution in [0.1, 0.15) is 24.2 Å². The van der Waals surface area contributed by atoms with Crippen LogP contribution in [0.25, 0.3) is 0 Å². The fourth-order valence-electron chi connectivity index (χ4n) is 3.08. The number of halogens is 3. The Morgan fingerprint density at radius 1 is 1.41 bits per heavy atom. The van der Waals surface area contributed by atoms with Gasteiger partial charge in [-0.25, -0.2) is 4.99 Å². The van der Waals surface area contributed by atoms with E-state index in [2.05, 4.69) is 25.0 Å². The van der Waals surface area contributed by atoms with E-state index in [-0.39, 0.29) is 42.4 Å². The quantitative estimate of drug-likeness (QED) is 0.360. The number of aryl methyl sites for hydroxylation is 1. The van der Waals surface area contributed by atoms with E-state index in [9.17, 15) is 8.78 Å². The minimum atomic E-state index is -2.86. The van der Waals surface area contributed by atoms with Gasteiger partial charge in [-0.3, -0.25) is 4.68 Å². The highest BCUT2D eigenvalue weighted by atomic mass is 127. The predicted molar refractivity (Wildman–Crippen MR) is 117 cm³/mol. The molecule has 0 amide bonds. The highest BCUT2D eigenvalue weighted by molar-refractivity contribution is 14.0. The molecule has 7 nitrogen and oxygen atoms in total. The Balaban J connectivity index is 0.00000300. The van der Waals surface area contributed by atoms with E-state index in [0.717, 1.165) is 5.56 Å². The van der Waals surface area contributed by atoms with Gasteiger partial charge in [0.2, 0.25) is 0 Å². The number of hydrogen-bond acceptors (Lipinski definition) is 4. The summed E-state index contributed by atoms with van der Waals surface area (Å²) in [7, 11) is 1.87. The third-order valence-electron chi connectivity index (χ3n) is 4.39. The van der Waals surface area contributed by atoms with Crippen LogP contribution in [0, 0.1) is 0 Å². The average molecular weight is 521 g/mol. The smallest absolute Gasteiger partial charge is 0.387 e. The van der Waals surface area contributed by atoms with Gasteiger partial charge in [-0.05, 0) is 13.0 Å². The first-order chi connectivity index (χ1) is 13.6. The third kappa shape index (κ3) is 6.53. The summed E-state index contributed by atoms with van der Waals surface area (Å²) >= 11 is 0. The standard InChI is InChI=1S/C19H25F2N5O2.HI/c1-3-22-19(23-10-14-6-4-5-7-16(14)28-18(20)21)26-8-9-27-17(13-26)15-11-24-25(2)12-15;/h4-7,11-12,17-18H,3,8-10,13H2,1-2H3,(H,22,23);1H. The molecule has 29 heavy (non-hydrogen) atoms. The Hall–Kier alpha value is -1.95. The first kappa shape index (κ1) is 23.3. The molecule has 1 saturated heterocycles. The summed E-state index contributed by atoms with van der Waals surface area (Å²) in [5.74, 6) is 0.860. The number of rotatable bonds is 6. The number of morpholine rings is 1. The van der Waals surface area contributed by atoms with E-state index < -0.39 is 6.61 Å². The molecule has 160 valence electrons. The second kappa shape index (κ2) is 11.3. The molecule has 0 radical (unpaired) electrons. The van der Waals surface area contributed by atoms with Crippen LogP contribution in [0.4, 0.5) is 8.78 Å². The maximum atomic E-state index is 12.6. The highest BCUT2D eigenvalue weighted by Gasteiger charge is 2.25. The Labute approximate surface area is 186 Å². The van der Waals surface area contributed by atoms with Crippen molar-refractivity contribution in [3.05, 3.63) is 47.8 Å². The number of guanidine groups is 1. The zero-order valence-electron chi connectivity index (χ0n) is 16.4. The van der Waals surface area contributed by atoms with Gasteiger partial charge in [0.05, 0.1) is 25.9 Å². The average Bonchev–Trinajstić information content (AvgIpc) is 3.12. The van der Waals surface area contributed by atoms with Gasteiger partial charge >= 0.3 is 6.61 Å². The van der Waals surface area contributed by atoms with E-state index >= 15 is 0 Å². The van der Waals surface area contributed by atoms with E-state index in [1.54, 1.807) is 29.1 Å². The summed E-state index contributed by atoms with van der Waals surface area (Å²) in [6.07, 6.45) is 3.65. The lowest BCUT2D eigenvalue weighted by Gasteiger charge is -2.34. The van der Waals surface area contributed by atoms with Crippen LogP contribution in [0.3, 0.4) is 0 Å². The molecule has 0 spiro atoms. The maximum Gasteiger partial charge on any atom is 0.387 e. The second-order valence-corrected chi connectivity index (χ2v) is 6.41. The molecule has 10 heteroatoms. The van der Waals surface area contributed by atoms with Crippen LogP contribution in [-0.4, -0.2) is 53.5 Å². The van der Waals surface area contributed by atoms with Crippen molar-refractivity contribution in [2.75, 3.05) is 26.2 Å². The van der Waals surface area contributed by atoms with Crippen molar-refractivity contribution in [2.45, 2.75) is 26.2 Å². The van der Waals surface area contributed by atoms with Gasteiger partial charge in [-0.1, -0.05) is 18.2 Å². The molecule has 1 atom stereocenters. The van der Waals surface area contributed by atoms with Crippen LogP contribution in [-0.2, 0) is 18.3 Å². The zero-order chi connectivity index (χ0) is 19.9. The van der Waals surface area contributed by atoms with E-state index in [0.29, 0.717) is 37.8 Å². The SMILES string of the molecule is CCNC(=NCc1ccccc1OC(F)F)N1CCOC(c2cnn(C)c2)C1.I. The number of aliphatic imine (C=N–C) groups is 1. The van der Waals surface area contributed by atoms with Gasteiger partial charge in [0, 0.05) is 37.5 Å². The van der Waals surface area contributed by atoms with E-state index in [1.807, 2.05) is 20.2 Å². The Bertz CT molecular complexity index is 802. The summed E-state index contributed by atoms with van der Waals surface area (Å²) in [5, 5.41) is 7.48. The molecule has 0 aliphatic carbocycles. The van der Waals surface area contributed by atoms with Crippen LogP contribution >= 0.6 is 24.0 Å². The van der Waals surface area contributed by atoms with Crippen molar-refractivity contribution < 1.29 is 18.3 Å². The van der Waals surface area contributed by atoms with Crippen molar-refractivity contribution in [3.8, 4) is 5.75 Å². The first-order valence-electron chi connectivity index (χ1n) is 9.23. The van der Waals surface area contributed by atoms with Crippen LogP contribution in [0.15, 0.2) is 41.7 Å². The number of nitrogens with zero attached hydrogens (tertiary/aromatic N) is 4. The van der Waals surface area contributed by atoms with Crippen LogP contribution in [0.5, 0.6) is 5.75 Å². The predicted octanol–water partition coefficient (Wildman–Crippen LogP) is 3.18. The molecule has 1 aliphatic rings. The molecule has 1 fully saturated rings. The molecule has 1 aromatic carbocycles. The van der Waals surface area contributed by atoms with Gasteiger partial charge < -0.3 is 19.7 Å². The molecular formula is C19H26F2IN5O2. The molecule has 0 bridgehead atoms. The molecular weight excluding hydrogens is 495 g/mol. The fourth-order valence-corrected chi connectivity index (χ4v) is 3.08. The Morgan fingerprint density at radius 3 is 2.90 bits per heavy atom. The highest BCUT2D eigenvalue weighted by Crippen LogP contribution is 2.23. The van der Waals surface area contributed by atoms with Gasteiger partial charge in [-0.2, -0.15) is 13.9 Å². The Kier molecular flexibility index (Phi) is 9.08. The number of nitrogens with one attached hydrogen (secondary N) is 1. The molecule has 0 saturated carbocycles. The van der Waals surface area contributed by atoms with Crippen LogP contribution < -0.4 is 10.1 Å². The molecule has 1 aliphatic heterocycles. The lowest BCUT2D eigenvalue weighted by molar-refractivity contribution is -0.0504. The second-order valence-electron chi connectivity index (χ2n) is 6.41. The molecule has 1 unspecified atom stereocenters. The zero-order valence-corrected chi connectivity index (χ0v) is 18.8. The Morgan fingerprint density at radius 2 is 2.21 bits per heavy atom. The number of ether oxygens (including phenoxy) is 2. The minimum Gasteiger partial charge on any atom is -0.434 e. The van der Waals surface area contributed by atoms with Gasteiger partial charge in [-0.15, -0.1) is 24.0 Å². The molecule has 2 aromatic rings. The number of alkyl halides is 2. The lowest BCUT2D eigenvalue weighted by Crippen LogP contribution is -2.48. The number of hydrogen-bond donors (Lipinski definition) is 1. The third-order valence-corrected chi connectivity index (χ3v) is 4.39. The molecule has 3 rings (SSSR count). The van der Waals surface area contributed by atoms with Crippen molar-refractivity contribution in [1.82, 2.24) is 20.0 Å². The first-order valence-corrected chi connectivity index (χ1v) is 9.23. The van der Waals surface area contributed by atoms with Crippen molar-refractivity contribution in [3.63, 3.8) is 0 Å². The van der Waals surface area contributed by atoms with Crippen molar-refractivity contribution in [2.24, 2.45) is 12.0 Å². The summed E-state index contributed by atoms with van der Waals surface area (Å²) in [4.78, 5) is 6.75. The summed E-state index contributed by atoms with van der Waals surface area (Å²) in [5.41, 5.74) is 1.62. The molecule has 1 N–H and O–H groups in total. The maximum absolute atomic E-state index is 12.6. The normalized spacial score (nSPS) is 17.2. The van der Waals surface area contributed by atoms with E-state index in [1.165, 1.54) is 6.07 Å². The number of benzene rings is 1. The minimum absolute atomic E-state index is 0. The van der Waals surface area contributed by atoms with Gasteiger partial charge in [0.1, 0.15) is 11.9 Å². The number of aromatic nitrogens is 2. The molecule has 1 aromatic heterocycles. The van der Waals surface area contributed by atoms with Crippen molar-refractivity contribution >= 4 is 29.9 Å². The summed E-state index contributed by atoms with van der Waals surface area (Å²) in [6.45, 7) is 1.95.